The number of hydrogen-bond donors (Lipinski definition) is 1. The van der Waals surface area contributed by atoms with Crippen molar-refractivity contribution in [1.82, 2.24) is 15.2 Å². The summed E-state index contributed by atoms with van der Waals surface area (Å²) in [5.41, 5.74) is 1.18. The summed E-state index contributed by atoms with van der Waals surface area (Å²) in [7, 11) is 2.20. The lowest BCUT2D eigenvalue weighted by Crippen LogP contribution is -2.40. The molecule has 0 amide bonds. The van der Waals surface area contributed by atoms with Crippen LogP contribution >= 0.6 is 0 Å². The predicted octanol–water partition coefficient (Wildman–Crippen LogP) is 1.83. The monoisotopic (exact) mass is 235 g/mol. The molecule has 94 valence electrons. The minimum atomic E-state index is 0.467. The van der Waals surface area contributed by atoms with Gasteiger partial charge in [-0.25, -0.2) is 4.98 Å². The Balaban J connectivity index is 1.83. The van der Waals surface area contributed by atoms with Crippen LogP contribution in [0.4, 0.5) is 0 Å². The number of aryl methyl sites for hydroxylation is 1. The molecular formula is C13H21N3O. The molecule has 2 fully saturated rings. The zero-order valence-electron chi connectivity index (χ0n) is 10.7. The average Bonchev–Trinajstić information content (AvgIpc) is 2.58. The van der Waals surface area contributed by atoms with Crippen LogP contribution in [0.2, 0.25) is 0 Å². The Labute approximate surface area is 102 Å². The van der Waals surface area contributed by atoms with E-state index in [4.69, 9.17) is 9.40 Å². The summed E-state index contributed by atoms with van der Waals surface area (Å²) in [6, 6.07) is 0.467. The first kappa shape index (κ1) is 11.2. The van der Waals surface area contributed by atoms with Crippen molar-refractivity contribution in [3.8, 4) is 0 Å². The van der Waals surface area contributed by atoms with Crippen LogP contribution in [0.3, 0.4) is 0 Å². The molecule has 3 rings (SSSR count). The van der Waals surface area contributed by atoms with E-state index in [2.05, 4.69) is 24.2 Å². The number of aromatic nitrogens is 1. The molecule has 2 aliphatic heterocycles. The molecule has 0 radical (unpaired) electrons. The molecule has 0 bridgehead atoms. The molecule has 0 aromatic carbocycles. The predicted molar refractivity (Wildman–Crippen MR) is 66.1 cm³/mol. The first-order chi connectivity index (χ1) is 8.25. The number of piperidine rings is 1. The number of likely N-dealkylation sites (tertiary alicyclic amines) is 1. The second kappa shape index (κ2) is 4.42. The summed E-state index contributed by atoms with van der Waals surface area (Å²) in [5, 5.41) is 3.27. The van der Waals surface area contributed by atoms with Crippen molar-refractivity contribution in [3.05, 3.63) is 17.3 Å². The Morgan fingerprint density at radius 2 is 2.18 bits per heavy atom. The van der Waals surface area contributed by atoms with Crippen LogP contribution in [0.1, 0.15) is 48.6 Å². The van der Waals surface area contributed by atoms with Crippen molar-refractivity contribution in [2.24, 2.45) is 0 Å². The fraction of sp³-hybridized carbons (Fsp3) is 0.769. The van der Waals surface area contributed by atoms with Gasteiger partial charge in [-0.3, -0.25) is 4.90 Å². The lowest BCUT2D eigenvalue weighted by atomic mass is 9.99. The van der Waals surface area contributed by atoms with Crippen molar-refractivity contribution < 1.29 is 4.42 Å². The maximum absolute atomic E-state index is 5.84. The number of hydrogen-bond acceptors (Lipinski definition) is 4. The Bertz CT molecular complexity index is 397. The molecule has 4 heteroatoms. The van der Waals surface area contributed by atoms with E-state index < -0.39 is 0 Å². The maximum Gasteiger partial charge on any atom is 0.200 e. The fourth-order valence-electron chi connectivity index (χ4n) is 2.80. The molecule has 0 spiro atoms. The van der Waals surface area contributed by atoms with Crippen LogP contribution in [-0.4, -0.2) is 36.6 Å². The molecule has 2 aliphatic rings. The van der Waals surface area contributed by atoms with Gasteiger partial charge in [0.15, 0.2) is 5.89 Å². The second-order valence-corrected chi connectivity index (χ2v) is 5.34. The van der Waals surface area contributed by atoms with Gasteiger partial charge in [0.05, 0.1) is 17.7 Å². The molecule has 1 unspecified atom stereocenters. The van der Waals surface area contributed by atoms with Crippen molar-refractivity contribution in [3.63, 3.8) is 0 Å². The van der Waals surface area contributed by atoms with E-state index >= 15 is 0 Å². The minimum absolute atomic E-state index is 0.467. The molecule has 2 saturated heterocycles. The molecule has 3 heterocycles. The van der Waals surface area contributed by atoms with E-state index in [-0.39, 0.29) is 0 Å². The topological polar surface area (TPSA) is 41.3 Å². The van der Waals surface area contributed by atoms with E-state index in [1.54, 1.807) is 0 Å². The quantitative estimate of drug-likeness (QED) is 0.849. The van der Waals surface area contributed by atoms with Gasteiger partial charge in [0.25, 0.3) is 0 Å². The van der Waals surface area contributed by atoms with Gasteiger partial charge >= 0.3 is 0 Å². The standard InChI is InChI=1S/C13H21N3O/c1-9-12(11-5-3-4-6-16(11)2)15-13(17-9)10-7-14-8-10/h10-11,14H,3-8H2,1-2H3. The number of nitrogens with one attached hydrogen (secondary N) is 1. The van der Waals surface area contributed by atoms with E-state index in [0.29, 0.717) is 12.0 Å². The van der Waals surface area contributed by atoms with Crippen molar-refractivity contribution in [2.75, 3.05) is 26.7 Å². The van der Waals surface area contributed by atoms with Gasteiger partial charge in [-0.2, -0.15) is 0 Å². The Morgan fingerprint density at radius 3 is 2.82 bits per heavy atom. The molecule has 0 aliphatic carbocycles. The lowest BCUT2D eigenvalue weighted by molar-refractivity contribution is 0.182. The van der Waals surface area contributed by atoms with Gasteiger partial charge in [-0.1, -0.05) is 6.42 Å². The molecule has 1 aromatic heterocycles. The van der Waals surface area contributed by atoms with Crippen molar-refractivity contribution in [2.45, 2.75) is 38.1 Å². The molecule has 4 nitrogen and oxygen atoms in total. The highest BCUT2D eigenvalue weighted by atomic mass is 16.4. The number of nitrogens with zero attached hydrogens (tertiary/aromatic N) is 2. The van der Waals surface area contributed by atoms with E-state index in [1.165, 1.54) is 31.5 Å². The number of oxazole rings is 1. The first-order valence-corrected chi connectivity index (χ1v) is 6.64. The van der Waals surface area contributed by atoms with Crippen LogP contribution in [0.5, 0.6) is 0 Å². The van der Waals surface area contributed by atoms with Crippen molar-refractivity contribution in [1.29, 1.82) is 0 Å². The Kier molecular flexibility index (Phi) is 2.92. The highest BCUT2D eigenvalue weighted by Gasteiger charge is 2.30. The molecule has 17 heavy (non-hydrogen) atoms. The van der Waals surface area contributed by atoms with Crippen LogP contribution in [0.15, 0.2) is 4.42 Å². The Morgan fingerprint density at radius 1 is 1.35 bits per heavy atom. The summed E-state index contributed by atoms with van der Waals surface area (Å²) in [5.74, 6) is 2.46. The van der Waals surface area contributed by atoms with Crippen molar-refractivity contribution >= 4 is 0 Å². The third-order valence-electron chi connectivity index (χ3n) is 4.07. The molecule has 1 atom stereocenters. The molecular weight excluding hydrogens is 214 g/mol. The first-order valence-electron chi connectivity index (χ1n) is 6.64. The summed E-state index contributed by atoms with van der Waals surface area (Å²) in [6.45, 7) is 5.26. The van der Waals surface area contributed by atoms with Crippen LogP contribution < -0.4 is 5.32 Å². The van der Waals surface area contributed by atoms with Gasteiger partial charge < -0.3 is 9.73 Å². The fourth-order valence-corrected chi connectivity index (χ4v) is 2.80. The van der Waals surface area contributed by atoms with Gasteiger partial charge in [-0.15, -0.1) is 0 Å². The van der Waals surface area contributed by atoms with Crippen LogP contribution in [0.25, 0.3) is 0 Å². The highest BCUT2D eigenvalue weighted by Crippen LogP contribution is 2.33. The average molecular weight is 235 g/mol. The summed E-state index contributed by atoms with van der Waals surface area (Å²) in [6.07, 6.45) is 3.83. The van der Waals surface area contributed by atoms with Crippen LogP contribution in [-0.2, 0) is 0 Å². The number of rotatable bonds is 2. The van der Waals surface area contributed by atoms with E-state index in [1.807, 2.05) is 0 Å². The maximum atomic E-state index is 5.84. The van der Waals surface area contributed by atoms with Gasteiger partial charge in [0.1, 0.15) is 5.76 Å². The summed E-state index contributed by atoms with van der Waals surface area (Å²) in [4.78, 5) is 7.17. The normalized spacial score (nSPS) is 27.1. The smallest absolute Gasteiger partial charge is 0.200 e. The summed E-state index contributed by atoms with van der Waals surface area (Å²) >= 11 is 0. The summed E-state index contributed by atoms with van der Waals surface area (Å²) < 4.78 is 5.84. The second-order valence-electron chi connectivity index (χ2n) is 5.34. The van der Waals surface area contributed by atoms with Gasteiger partial charge in [0.2, 0.25) is 0 Å². The highest BCUT2D eigenvalue weighted by molar-refractivity contribution is 5.17. The SMILES string of the molecule is Cc1oc(C2CNC2)nc1C1CCCCN1C. The van der Waals surface area contributed by atoms with E-state index in [9.17, 15) is 0 Å². The third-order valence-corrected chi connectivity index (χ3v) is 4.07. The zero-order chi connectivity index (χ0) is 11.8. The largest absolute Gasteiger partial charge is 0.445 e. The molecule has 1 aromatic rings. The van der Waals surface area contributed by atoms with Gasteiger partial charge in [-0.05, 0) is 33.4 Å². The Hall–Kier alpha value is -0.870. The minimum Gasteiger partial charge on any atom is -0.445 e. The molecule has 0 saturated carbocycles. The van der Waals surface area contributed by atoms with E-state index in [0.717, 1.165) is 24.7 Å². The van der Waals surface area contributed by atoms with Crippen LogP contribution in [0, 0.1) is 6.92 Å². The van der Waals surface area contributed by atoms with Gasteiger partial charge in [0, 0.05) is 13.1 Å². The zero-order valence-corrected chi connectivity index (χ0v) is 10.7. The third kappa shape index (κ3) is 2.00. The molecule has 1 N–H and O–H groups in total. The lowest BCUT2D eigenvalue weighted by Gasteiger charge is -2.31.